The number of rotatable bonds is 4. The topological polar surface area (TPSA) is 74.6 Å². The molecule has 3 aromatic rings. The summed E-state index contributed by atoms with van der Waals surface area (Å²) in [5, 5.41) is 4.29. The number of benzene rings is 1. The third kappa shape index (κ3) is 6.76. The monoisotopic (exact) mass is 474 g/mol. The van der Waals surface area contributed by atoms with E-state index >= 15 is 0 Å². The summed E-state index contributed by atoms with van der Waals surface area (Å²) < 4.78 is 1.69. The Morgan fingerprint density at radius 2 is 1.74 bits per heavy atom. The van der Waals surface area contributed by atoms with Crippen molar-refractivity contribution in [3.8, 4) is 0 Å². The molecule has 0 N–H and O–H groups in total. The van der Waals surface area contributed by atoms with E-state index in [-0.39, 0.29) is 18.4 Å². The van der Waals surface area contributed by atoms with Gasteiger partial charge in [-0.3, -0.25) is 24.2 Å². The maximum atomic E-state index is 13.4. The first-order chi connectivity index (χ1) is 17.0. The molecule has 0 spiro atoms. The molecule has 2 aromatic heterocycles. The normalized spacial score (nSPS) is 15.7. The summed E-state index contributed by atoms with van der Waals surface area (Å²) in [6.45, 7) is 7.94. The maximum Gasteiger partial charge on any atom is 0.244 e. The summed E-state index contributed by atoms with van der Waals surface area (Å²) in [6.07, 6.45) is 7.18. The zero-order chi connectivity index (χ0) is 24.6. The largest absolute Gasteiger partial charge is 0.337 e. The quantitative estimate of drug-likeness (QED) is 0.580. The number of carbonyl (C=O) groups is 2. The average Bonchev–Trinajstić information content (AvgIpc) is 3.25. The lowest BCUT2D eigenvalue weighted by Crippen LogP contribution is -2.39. The van der Waals surface area contributed by atoms with Gasteiger partial charge in [0.05, 0.1) is 11.9 Å². The van der Waals surface area contributed by atoms with Gasteiger partial charge in [0, 0.05) is 64.3 Å². The standard InChI is InChI=1S/C27H34N6O2/c1-22-17-29-32(18-22)21-27(35)31-15-7-13-30(20-25-10-5-6-12-28-25)14-8-16-33(23(2)34)26-11-4-3-9-24(26)19-31/h3-6,9-12,17-18H,7-8,13-16,19-21H2,1-2H3. The van der Waals surface area contributed by atoms with Crippen LogP contribution in [-0.2, 0) is 29.2 Å². The number of aryl methyl sites for hydroxylation is 1. The second-order valence-corrected chi connectivity index (χ2v) is 9.13. The highest BCUT2D eigenvalue weighted by Crippen LogP contribution is 2.24. The molecule has 0 atom stereocenters. The van der Waals surface area contributed by atoms with E-state index in [0.29, 0.717) is 19.6 Å². The number of nitrogens with zero attached hydrogens (tertiary/aromatic N) is 6. The van der Waals surface area contributed by atoms with Crippen molar-refractivity contribution in [2.75, 3.05) is 31.1 Å². The first-order valence-electron chi connectivity index (χ1n) is 12.2. The lowest BCUT2D eigenvalue weighted by atomic mass is 10.1. The molecular formula is C27H34N6O2. The zero-order valence-electron chi connectivity index (χ0n) is 20.6. The molecule has 0 saturated heterocycles. The van der Waals surface area contributed by atoms with Gasteiger partial charge < -0.3 is 9.80 Å². The molecular weight excluding hydrogens is 440 g/mol. The third-order valence-electron chi connectivity index (χ3n) is 6.31. The van der Waals surface area contributed by atoms with Gasteiger partial charge in [-0.15, -0.1) is 0 Å². The van der Waals surface area contributed by atoms with Crippen molar-refractivity contribution in [1.29, 1.82) is 0 Å². The molecule has 0 radical (unpaired) electrons. The Bertz CT molecular complexity index is 1130. The highest BCUT2D eigenvalue weighted by Gasteiger charge is 2.22. The van der Waals surface area contributed by atoms with E-state index in [9.17, 15) is 9.59 Å². The van der Waals surface area contributed by atoms with Gasteiger partial charge >= 0.3 is 0 Å². The summed E-state index contributed by atoms with van der Waals surface area (Å²) in [6, 6.07) is 13.9. The van der Waals surface area contributed by atoms with E-state index in [1.807, 2.05) is 71.6 Å². The van der Waals surface area contributed by atoms with Gasteiger partial charge in [-0.1, -0.05) is 24.3 Å². The molecule has 2 amide bonds. The fraction of sp³-hybridized carbons (Fsp3) is 0.407. The van der Waals surface area contributed by atoms with Gasteiger partial charge in [0.1, 0.15) is 6.54 Å². The number of hydrogen-bond donors (Lipinski definition) is 0. The molecule has 8 nitrogen and oxygen atoms in total. The smallest absolute Gasteiger partial charge is 0.244 e. The first-order valence-corrected chi connectivity index (χ1v) is 12.2. The minimum atomic E-state index is 0.00989. The molecule has 0 unspecified atom stereocenters. The highest BCUT2D eigenvalue weighted by molar-refractivity contribution is 5.92. The summed E-state index contributed by atoms with van der Waals surface area (Å²) in [5.74, 6) is 0.0290. The number of carbonyl (C=O) groups excluding carboxylic acids is 2. The number of fused-ring (bicyclic) bond motifs is 1. The fourth-order valence-electron chi connectivity index (χ4n) is 4.57. The van der Waals surface area contributed by atoms with Crippen LogP contribution in [0.4, 0.5) is 5.69 Å². The molecule has 0 saturated carbocycles. The van der Waals surface area contributed by atoms with Crippen molar-refractivity contribution in [2.45, 2.75) is 46.3 Å². The van der Waals surface area contributed by atoms with Crippen molar-refractivity contribution < 1.29 is 9.59 Å². The lowest BCUT2D eigenvalue weighted by molar-refractivity contribution is -0.132. The van der Waals surface area contributed by atoms with Crippen molar-refractivity contribution in [3.63, 3.8) is 0 Å². The summed E-state index contributed by atoms with van der Waals surface area (Å²) in [7, 11) is 0. The Morgan fingerprint density at radius 3 is 2.46 bits per heavy atom. The van der Waals surface area contributed by atoms with Crippen LogP contribution in [0.2, 0.25) is 0 Å². The molecule has 1 aliphatic heterocycles. The Labute approximate surface area is 207 Å². The van der Waals surface area contributed by atoms with Crippen LogP contribution in [0.15, 0.2) is 61.1 Å². The maximum absolute atomic E-state index is 13.4. The molecule has 1 aromatic carbocycles. The van der Waals surface area contributed by atoms with E-state index in [0.717, 1.165) is 55.0 Å². The van der Waals surface area contributed by atoms with Gasteiger partial charge in [0.2, 0.25) is 11.8 Å². The third-order valence-corrected chi connectivity index (χ3v) is 6.31. The van der Waals surface area contributed by atoms with Gasteiger partial charge in [-0.25, -0.2) is 0 Å². The Morgan fingerprint density at radius 1 is 0.971 bits per heavy atom. The average molecular weight is 475 g/mol. The second-order valence-electron chi connectivity index (χ2n) is 9.13. The molecule has 3 heterocycles. The summed E-state index contributed by atoms with van der Waals surface area (Å²) >= 11 is 0. The van der Waals surface area contributed by atoms with Gasteiger partial charge in [0.25, 0.3) is 0 Å². The predicted octanol–water partition coefficient (Wildman–Crippen LogP) is 3.26. The molecule has 0 fully saturated rings. The number of hydrogen-bond acceptors (Lipinski definition) is 5. The summed E-state index contributed by atoms with van der Waals surface area (Å²) in [5.41, 5.74) is 3.91. The number of para-hydroxylation sites is 1. The van der Waals surface area contributed by atoms with Crippen LogP contribution in [0.25, 0.3) is 0 Å². The van der Waals surface area contributed by atoms with Gasteiger partial charge in [-0.05, 0) is 49.1 Å². The van der Waals surface area contributed by atoms with Gasteiger partial charge in [-0.2, -0.15) is 5.10 Å². The van der Waals surface area contributed by atoms with Crippen molar-refractivity contribution in [2.24, 2.45) is 0 Å². The summed E-state index contributed by atoms with van der Waals surface area (Å²) in [4.78, 5) is 36.6. The number of pyridine rings is 1. The molecule has 35 heavy (non-hydrogen) atoms. The van der Waals surface area contributed by atoms with E-state index in [2.05, 4.69) is 15.0 Å². The number of anilines is 1. The van der Waals surface area contributed by atoms with Crippen LogP contribution in [0.1, 0.15) is 36.6 Å². The van der Waals surface area contributed by atoms with Crippen LogP contribution in [0.5, 0.6) is 0 Å². The van der Waals surface area contributed by atoms with Gasteiger partial charge in [0.15, 0.2) is 0 Å². The number of amides is 2. The van der Waals surface area contributed by atoms with Crippen molar-refractivity contribution in [3.05, 3.63) is 77.9 Å². The van der Waals surface area contributed by atoms with E-state index in [4.69, 9.17) is 0 Å². The predicted molar refractivity (Wildman–Crippen MR) is 136 cm³/mol. The van der Waals surface area contributed by atoms with Crippen molar-refractivity contribution in [1.82, 2.24) is 24.6 Å². The van der Waals surface area contributed by atoms with Crippen LogP contribution < -0.4 is 4.90 Å². The van der Waals surface area contributed by atoms with Crippen LogP contribution in [-0.4, -0.2) is 62.6 Å². The second kappa shape index (κ2) is 11.8. The molecule has 0 bridgehead atoms. The molecule has 184 valence electrons. The SMILES string of the molecule is CC(=O)N1CCCN(Cc2ccccn2)CCCN(C(=O)Cn2cc(C)cn2)Cc2ccccc21. The molecule has 0 aliphatic carbocycles. The Hall–Kier alpha value is -3.52. The van der Waals surface area contributed by atoms with Crippen LogP contribution >= 0.6 is 0 Å². The first kappa shape index (κ1) is 24.6. The molecule has 1 aliphatic rings. The van der Waals surface area contributed by atoms with Crippen LogP contribution in [0.3, 0.4) is 0 Å². The van der Waals surface area contributed by atoms with E-state index in [1.54, 1.807) is 17.8 Å². The minimum Gasteiger partial charge on any atom is -0.337 e. The van der Waals surface area contributed by atoms with Crippen LogP contribution in [0, 0.1) is 6.92 Å². The Balaban J connectivity index is 1.58. The van der Waals surface area contributed by atoms with E-state index in [1.165, 1.54) is 0 Å². The highest BCUT2D eigenvalue weighted by atomic mass is 16.2. The zero-order valence-corrected chi connectivity index (χ0v) is 20.6. The molecule has 4 rings (SSSR count). The van der Waals surface area contributed by atoms with E-state index < -0.39 is 0 Å². The van der Waals surface area contributed by atoms with Crippen molar-refractivity contribution >= 4 is 17.5 Å². The number of aromatic nitrogens is 3. The Kier molecular flexibility index (Phi) is 8.26. The minimum absolute atomic E-state index is 0.00989. The lowest BCUT2D eigenvalue weighted by Gasteiger charge is -2.31. The molecule has 8 heteroatoms. The fourth-order valence-corrected chi connectivity index (χ4v) is 4.57.